The van der Waals surface area contributed by atoms with Gasteiger partial charge in [-0.25, -0.2) is 0 Å². The van der Waals surface area contributed by atoms with Crippen LogP contribution < -0.4 is 0 Å². The van der Waals surface area contributed by atoms with E-state index in [2.05, 4.69) is 0 Å². The largest absolute Gasteiger partial charge is 0.394 e. The second-order valence-electron chi connectivity index (χ2n) is 3.15. The minimum atomic E-state index is -1.26. The molecule has 1 aliphatic rings. The van der Waals surface area contributed by atoms with Gasteiger partial charge in [-0.1, -0.05) is 6.92 Å². The highest BCUT2D eigenvalue weighted by Gasteiger charge is 2.43. The predicted molar refractivity (Wildman–Crippen MR) is 51.9 cm³/mol. The first-order chi connectivity index (χ1) is 6.61. The molecule has 0 radical (unpaired) electrons. The molecular weight excluding hydrogens is 208 g/mol. The molecule has 2 unspecified atom stereocenters. The van der Waals surface area contributed by atoms with E-state index in [1.54, 1.807) is 0 Å². The number of ether oxygens (including phenoxy) is 1. The highest BCUT2D eigenvalue weighted by molar-refractivity contribution is 7.99. The highest BCUT2D eigenvalue weighted by atomic mass is 32.2. The molecule has 0 aromatic carbocycles. The zero-order valence-electron chi connectivity index (χ0n) is 7.91. The Kier molecular flexibility index (Phi) is 4.62. The normalized spacial score (nSPS) is 43.9. The van der Waals surface area contributed by atoms with E-state index in [9.17, 15) is 15.3 Å². The molecule has 14 heavy (non-hydrogen) atoms. The summed E-state index contributed by atoms with van der Waals surface area (Å²) >= 11 is 1.33. The second-order valence-corrected chi connectivity index (χ2v) is 4.53. The lowest BCUT2D eigenvalue weighted by molar-refractivity contribution is -0.205. The first kappa shape index (κ1) is 12.2. The molecule has 0 aromatic heterocycles. The zero-order valence-corrected chi connectivity index (χ0v) is 8.72. The number of aliphatic hydroxyl groups excluding tert-OH is 4. The molecule has 1 aliphatic heterocycles. The monoisotopic (exact) mass is 224 g/mol. The molecular formula is C8H16O5S. The van der Waals surface area contributed by atoms with Gasteiger partial charge in [0.25, 0.3) is 0 Å². The fraction of sp³-hybridized carbons (Fsp3) is 1.00. The van der Waals surface area contributed by atoms with Crippen molar-refractivity contribution in [2.24, 2.45) is 0 Å². The SMILES string of the molecule is CCS[C@H]1OC(CO)[C@@H](O)[C@H](O)C1O. The van der Waals surface area contributed by atoms with Crippen molar-refractivity contribution in [3.8, 4) is 0 Å². The van der Waals surface area contributed by atoms with Gasteiger partial charge in [-0.15, -0.1) is 11.8 Å². The Hall–Kier alpha value is 0.150. The average Bonchev–Trinajstić information content (AvgIpc) is 2.19. The Balaban J connectivity index is 2.63. The summed E-state index contributed by atoms with van der Waals surface area (Å²) in [5.74, 6) is 0.725. The van der Waals surface area contributed by atoms with Crippen LogP contribution in [0.1, 0.15) is 6.92 Å². The van der Waals surface area contributed by atoms with Crippen molar-refractivity contribution in [2.45, 2.75) is 36.8 Å². The van der Waals surface area contributed by atoms with Gasteiger partial charge in [0.1, 0.15) is 29.9 Å². The van der Waals surface area contributed by atoms with Crippen molar-refractivity contribution < 1.29 is 25.2 Å². The molecule has 0 saturated carbocycles. The van der Waals surface area contributed by atoms with Gasteiger partial charge in [0.05, 0.1) is 6.61 Å². The Labute approximate surface area is 86.7 Å². The Morgan fingerprint density at radius 1 is 1.14 bits per heavy atom. The Morgan fingerprint density at radius 3 is 2.29 bits per heavy atom. The molecule has 0 aromatic rings. The number of rotatable bonds is 3. The van der Waals surface area contributed by atoms with Crippen LogP contribution in [-0.4, -0.2) is 62.6 Å². The number of hydrogen-bond acceptors (Lipinski definition) is 6. The summed E-state index contributed by atoms with van der Waals surface area (Å²) in [6.45, 7) is 1.53. The van der Waals surface area contributed by atoms with E-state index in [1.165, 1.54) is 11.8 Å². The zero-order chi connectivity index (χ0) is 10.7. The summed E-state index contributed by atoms with van der Waals surface area (Å²) in [5, 5.41) is 37.2. The maximum absolute atomic E-state index is 9.51. The van der Waals surface area contributed by atoms with E-state index < -0.39 is 29.9 Å². The van der Waals surface area contributed by atoms with Crippen molar-refractivity contribution >= 4 is 11.8 Å². The maximum atomic E-state index is 9.51. The van der Waals surface area contributed by atoms with Crippen LogP contribution in [0, 0.1) is 0 Å². The molecule has 1 fully saturated rings. The van der Waals surface area contributed by atoms with Crippen molar-refractivity contribution in [3.63, 3.8) is 0 Å². The van der Waals surface area contributed by atoms with Crippen molar-refractivity contribution in [3.05, 3.63) is 0 Å². The van der Waals surface area contributed by atoms with Crippen molar-refractivity contribution in [1.29, 1.82) is 0 Å². The lowest BCUT2D eigenvalue weighted by atomic mass is 10.0. The lowest BCUT2D eigenvalue weighted by Crippen LogP contribution is -2.57. The van der Waals surface area contributed by atoms with E-state index in [-0.39, 0.29) is 6.61 Å². The van der Waals surface area contributed by atoms with E-state index in [0.29, 0.717) is 0 Å². The molecule has 0 spiro atoms. The third-order valence-electron chi connectivity index (χ3n) is 2.18. The van der Waals surface area contributed by atoms with Gasteiger partial charge >= 0.3 is 0 Å². The molecule has 1 rings (SSSR count). The molecule has 84 valence electrons. The van der Waals surface area contributed by atoms with Crippen LogP contribution in [-0.2, 0) is 4.74 Å². The van der Waals surface area contributed by atoms with Crippen LogP contribution in [0.15, 0.2) is 0 Å². The second kappa shape index (κ2) is 5.29. The number of thioether (sulfide) groups is 1. The summed E-state index contributed by atoms with van der Waals surface area (Å²) < 4.78 is 5.22. The standard InChI is InChI=1S/C8H16O5S/c1-2-14-8-7(12)6(11)5(10)4(3-9)13-8/h4-12H,2-3H2,1H3/t4?,5-,6+,7?,8-/m1/s1. The van der Waals surface area contributed by atoms with E-state index in [4.69, 9.17) is 9.84 Å². The summed E-state index contributed by atoms with van der Waals surface area (Å²) in [5.41, 5.74) is -0.587. The topological polar surface area (TPSA) is 90.2 Å². The summed E-state index contributed by atoms with van der Waals surface area (Å²) in [6, 6.07) is 0. The van der Waals surface area contributed by atoms with Crippen LogP contribution in [0.25, 0.3) is 0 Å². The smallest absolute Gasteiger partial charge is 0.132 e. The summed E-state index contributed by atoms with van der Waals surface area (Å²) in [4.78, 5) is 0. The van der Waals surface area contributed by atoms with Gasteiger partial charge in [0.2, 0.25) is 0 Å². The third-order valence-corrected chi connectivity index (χ3v) is 3.23. The molecule has 0 amide bonds. The minimum absolute atomic E-state index is 0.369. The van der Waals surface area contributed by atoms with Gasteiger partial charge in [-0.05, 0) is 5.75 Å². The minimum Gasteiger partial charge on any atom is -0.394 e. The molecule has 0 bridgehead atoms. The van der Waals surface area contributed by atoms with E-state index >= 15 is 0 Å². The summed E-state index contributed by atoms with van der Waals surface area (Å²) in [7, 11) is 0. The molecule has 5 atom stereocenters. The van der Waals surface area contributed by atoms with Crippen LogP contribution in [0.4, 0.5) is 0 Å². The first-order valence-electron chi connectivity index (χ1n) is 4.54. The number of aliphatic hydroxyl groups is 4. The van der Waals surface area contributed by atoms with Crippen molar-refractivity contribution in [2.75, 3.05) is 12.4 Å². The van der Waals surface area contributed by atoms with Crippen LogP contribution >= 0.6 is 11.8 Å². The molecule has 6 heteroatoms. The Morgan fingerprint density at radius 2 is 1.79 bits per heavy atom. The van der Waals surface area contributed by atoms with Gasteiger partial charge in [0.15, 0.2) is 0 Å². The molecule has 4 N–H and O–H groups in total. The highest BCUT2D eigenvalue weighted by Crippen LogP contribution is 2.27. The fourth-order valence-electron chi connectivity index (χ4n) is 1.37. The van der Waals surface area contributed by atoms with Gasteiger partial charge in [-0.2, -0.15) is 0 Å². The number of hydrogen-bond donors (Lipinski definition) is 4. The van der Waals surface area contributed by atoms with Crippen LogP contribution in [0.5, 0.6) is 0 Å². The molecule has 1 saturated heterocycles. The fourth-order valence-corrected chi connectivity index (χ4v) is 2.28. The van der Waals surface area contributed by atoms with Crippen LogP contribution in [0.3, 0.4) is 0 Å². The van der Waals surface area contributed by atoms with E-state index in [1.807, 2.05) is 6.92 Å². The molecule has 0 aliphatic carbocycles. The first-order valence-corrected chi connectivity index (χ1v) is 5.58. The van der Waals surface area contributed by atoms with Gasteiger partial charge in [0, 0.05) is 0 Å². The molecule has 1 heterocycles. The summed E-state index contributed by atoms with van der Waals surface area (Å²) in [6.07, 6.45) is -4.43. The van der Waals surface area contributed by atoms with Gasteiger partial charge in [-0.3, -0.25) is 0 Å². The predicted octanol–water partition coefficient (Wildman–Crippen LogP) is -1.46. The third kappa shape index (κ3) is 2.39. The maximum Gasteiger partial charge on any atom is 0.132 e. The quantitative estimate of drug-likeness (QED) is 0.468. The average molecular weight is 224 g/mol. The van der Waals surface area contributed by atoms with Gasteiger partial charge < -0.3 is 25.2 Å². The van der Waals surface area contributed by atoms with Crippen molar-refractivity contribution in [1.82, 2.24) is 0 Å². The Bertz CT molecular complexity index is 175. The van der Waals surface area contributed by atoms with E-state index in [0.717, 1.165) is 5.75 Å². The molecule has 5 nitrogen and oxygen atoms in total. The lowest BCUT2D eigenvalue weighted by Gasteiger charge is -2.39. The van der Waals surface area contributed by atoms with Crippen LogP contribution in [0.2, 0.25) is 0 Å².